The first-order valence-electron chi connectivity index (χ1n) is 10.4. The number of fused-ring (bicyclic) bond motifs is 1. The summed E-state index contributed by atoms with van der Waals surface area (Å²) < 4.78 is 16.7. The second-order valence-corrected chi connectivity index (χ2v) is 7.79. The van der Waals surface area contributed by atoms with Gasteiger partial charge in [-0.05, 0) is 42.7 Å². The topological polar surface area (TPSA) is 54.4 Å². The number of hydrogen-bond acceptors (Lipinski definition) is 6. The molecule has 0 unspecified atom stereocenters. The van der Waals surface area contributed by atoms with Gasteiger partial charge in [0, 0.05) is 44.4 Å². The van der Waals surface area contributed by atoms with Gasteiger partial charge in [0.2, 0.25) is 0 Å². The van der Waals surface area contributed by atoms with E-state index in [-0.39, 0.29) is 5.75 Å². The zero-order chi connectivity index (χ0) is 21.1. The third-order valence-corrected chi connectivity index (χ3v) is 6.15. The molecular formula is C24H30N2O4. The lowest BCUT2D eigenvalue weighted by Crippen LogP contribution is -2.46. The van der Waals surface area contributed by atoms with Gasteiger partial charge in [-0.1, -0.05) is 12.1 Å². The van der Waals surface area contributed by atoms with Gasteiger partial charge >= 0.3 is 0 Å². The van der Waals surface area contributed by atoms with Gasteiger partial charge in [0.25, 0.3) is 0 Å². The highest BCUT2D eigenvalue weighted by Gasteiger charge is 2.23. The van der Waals surface area contributed by atoms with Crippen molar-refractivity contribution in [2.45, 2.75) is 13.3 Å². The van der Waals surface area contributed by atoms with Crippen LogP contribution in [0.2, 0.25) is 0 Å². The number of anilines is 1. The Balaban J connectivity index is 1.37. The molecule has 2 aliphatic rings. The van der Waals surface area contributed by atoms with Gasteiger partial charge in [-0.2, -0.15) is 0 Å². The molecule has 0 spiro atoms. The Bertz CT molecular complexity index is 933. The lowest BCUT2D eigenvalue weighted by Gasteiger charge is -2.37. The predicted octanol–water partition coefficient (Wildman–Crippen LogP) is 3.79. The van der Waals surface area contributed by atoms with E-state index in [0.717, 1.165) is 56.2 Å². The van der Waals surface area contributed by atoms with Gasteiger partial charge in [0.15, 0.2) is 11.5 Å². The number of ether oxygens (including phenoxy) is 3. The Kier molecular flexibility index (Phi) is 6.04. The second-order valence-electron chi connectivity index (χ2n) is 7.79. The summed E-state index contributed by atoms with van der Waals surface area (Å²) in [5.41, 5.74) is 4.61. The summed E-state index contributed by atoms with van der Waals surface area (Å²) >= 11 is 0. The highest BCUT2D eigenvalue weighted by atomic mass is 16.5. The van der Waals surface area contributed by atoms with Gasteiger partial charge in [0.1, 0.15) is 18.1 Å². The van der Waals surface area contributed by atoms with Gasteiger partial charge in [-0.15, -0.1) is 0 Å². The quantitative estimate of drug-likeness (QED) is 0.782. The highest BCUT2D eigenvalue weighted by molar-refractivity contribution is 5.76. The minimum Gasteiger partial charge on any atom is -0.504 e. The Morgan fingerprint density at radius 1 is 1.00 bits per heavy atom. The lowest BCUT2D eigenvalue weighted by molar-refractivity contribution is 0.254. The van der Waals surface area contributed by atoms with E-state index in [1.165, 1.54) is 16.8 Å². The fourth-order valence-electron chi connectivity index (χ4n) is 4.25. The highest BCUT2D eigenvalue weighted by Crippen LogP contribution is 2.41. The number of aromatic hydroxyl groups is 1. The molecule has 4 rings (SSSR count). The molecule has 30 heavy (non-hydrogen) atoms. The van der Waals surface area contributed by atoms with Gasteiger partial charge in [-0.3, -0.25) is 4.90 Å². The van der Waals surface area contributed by atoms with Crippen molar-refractivity contribution in [1.82, 2.24) is 4.90 Å². The molecule has 0 atom stereocenters. The fourth-order valence-corrected chi connectivity index (χ4v) is 4.25. The van der Waals surface area contributed by atoms with Crippen LogP contribution in [0.15, 0.2) is 42.0 Å². The van der Waals surface area contributed by atoms with Crippen LogP contribution in [0.4, 0.5) is 5.69 Å². The number of nitrogens with zero attached hydrogens (tertiary/aromatic N) is 2. The maximum atomic E-state index is 10.1. The summed E-state index contributed by atoms with van der Waals surface area (Å²) in [4.78, 5) is 4.91. The average molecular weight is 411 g/mol. The first kappa shape index (κ1) is 20.4. The summed E-state index contributed by atoms with van der Waals surface area (Å²) in [5, 5.41) is 10.1. The third kappa shape index (κ3) is 4.05. The maximum Gasteiger partial charge on any atom is 0.164 e. The Hall–Kier alpha value is -2.86. The molecule has 160 valence electrons. The Labute approximate surface area is 178 Å². The Morgan fingerprint density at radius 3 is 2.47 bits per heavy atom. The number of phenolic OH excluding ortho intramolecular Hbond substituents is 1. The molecule has 1 fully saturated rings. The first-order chi connectivity index (χ1) is 14.6. The summed E-state index contributed by atoms with van der Waals surface area (Å²) in [7, 11) is 3.28. The van der Waals surface area contributed by atoms with Crippen molar-refractivity contribution in [3.05, 3.63) is 47.5 Å². The molecule has 6 nitrogen and oxygen atoms in total. The molecule has 2 heterocycles. The standard InChI is InChI=1S/C24H30N2O4/c1-17-18(16-30-23-15-24(29-3)21(27)14-19(17)23)8-9-25-10-12-26(13-11-25)20-6-4-5-7-22(20)28-2/h4-7,14-15,27H,8-13,16H2,1-3H3. The maximum absolute atomic E-state index is 10.1. The molecule has 0 aromatic heterocycles. The lowest BCUT2D eigenvalue weighted by atomic mass is 9.96. The molecule has 0 radical (unpaired) electrons. The zero-order valence-electron chi connectivity index (χ0n) is 18.0. The molecule has 2 aliphatic heterocycles. The molecular weight excluding hydrogens is 380 g/mol. The number of methoxy groups -OCH3 is 2. The van der Waals surface area contributed by atoms with Crippen LogP contribution >= 0.6 is 0 Å². The van der Waals surface area contributed by atoms with Crippen molar-refractivity contribution in [1.29, 1.82) is 0 Å². The molecule has 0 amide bonds. The first-order valence-corrected chi connectivity index (χ1v) is 10.4. The van der Waals surface area contributed by atoms with Crippen molar-refractivity contribution >= 4 is 11.3 Å². The molecule has 6 heteroatoms. The number of hydrogen-bond donors (Lipinski definition) is 1. The van der Waals surface area contributed by atoms with Crippen LogP contribution in [0.1, 0.15) is 18.9 Å². The van der Waals surface area contributed by atoms with Crippen molar-refractivity contribution in [3.63, 3.8) is 0 Å². The predicted molar refractivity (Wildman–Crippen MR) is 119 cm³/mol. The number of phenols is 1. The largest absolute Gasteiger partial charge is 0.504 e. The molecule has 0 bridgehead atoms. The van der Waals surface area contributed by atoms with Crippen LogP contribution in [0.25, 0.3) is 5.57 Å². The van der Waals surface area contributed by atoms with Crippen LogP contribution < -0.4 is 19.1 Å². The van der Waals surface area contributed by atoms with E-state index in [4.69, 9.17) is 14.2 Å². The van der Waals surface area contributed by atoms with Crippen LogP contribution in [0, 0.1) is 0 Å². The zero-order valence-corrected chi connectivity index (χ0v) is 18.0. The monoisotopic (exact) mass is 410 g/mol. The SMILES string of the molecule is COc1cc2c(cc1O)C(C)=C(CCN1CCN(c3ccccc3OC)CC1)CO2. The molecule has 2 aromatic carbocycles. The van der Waals surface area contributed by atoms with Gasteiger partial charge < -0.3 is 24.2 Å². The van der Waals surface area contributed by atoms with E-state index in [2.05, 4.69) is 28.9 Å². The minimum absolute atomic E-state index is 0.146. The van der Waals surface area contributed by atoms with Crippen molar-refractivity contribution in [2.24, 2.45) is 0 Å². The van der Waals surface area contributed by atoms with Crippen molar-refractivity contribution < 1.29 is 19.3 Å². The van der Waals surface area contributed by atoms with E-state index in [9.17, 15) is 5.11 Å². The van der Waals surface area contributed by atoms with E-state index in [1.54, 1.807) is 26.4 Å². The second kappa shape index (κ2) is 8.88. The number of rotatable bonds is 6. The number of benzene rings is 2. The van der Waals surface area contributed by atoms with Crippen molar-refractivity contribution in [2.75, 3.05) is 58.5 Å². The normalized spacial score (nSPS) is 16.8. The van der Waals surface area contributed by atoms with E-state index in [1.807, 2.05) is 12.1 Å². The molecule has 1 N–H and O–H groups in total. The summed E-state index contributed by atoms with van der Waals surface area (Å²) in [6, 6.07) is 11.7. The fraction of sp³-hybridized carbons (Fsp3) is 0.417. The molecule has 0 saturated carbocycles. The van der Waals surface area contributed by atoms with Crippen LogP contribution in [0.3, 0.4) is 0 Å². The minimum atomic E-state index is 0.146. The summed E-state index contributed by atoms with van der Waals surface area (Å²) in [5.74, 6) is 2.30. The van der Waals surface area contributed by atoms with E-state index in [0.29, 0.717) is 12.4 Å². The third-order valence-electron chi connectivity index (χ3n) is 6.15. The summed E-state index contributed by atoms with van der Waals surface area (Å²) in [6.07, 6.45) is 0.965. The van der Waals surface area contributed by atoms with Crippen molar-refractivity contribution in [3.8, 4) is 23.0 Å². The molecule has 1 saturated heterocycles. The molecule has 0 aliphatic carbocycles. The molecule has 2 aromatic rings. The van der Waals surface area contributed by atoms with Crippen LogP contribution in [-0.4, -0.2) is 63.6 Å². The smallest absolute Gasteiger partial charge is 0.164 e. The Morgan fingerprint density at radius 2 is 1.73 bits per heavy atom. The van der Waals surface area contributed by atoms with Gasteiger partial charge in [-0.25, -0.2) is 0 Å². The average Bonchev–Trinajstić information content (AvgIpc) is 2.79. The summed E-state index contributed by atoms with van der Waals surface area (Å²) in [6.45, 7) is 7.75. The van der Waals surface area contributed by atoms with Crippen LogP contribution in [-0.2, 0) is 0 Å². The van der Waals surface area contributed by atoms with Gasteiger partial charge in [0.05, 0.1) is 19.9 Å². The van der Waals surface area contributed by atoms with E-state index >= 15 is 0 Å². The number of piperazine rings is 1. The van der Waals surface area contributed by atoms with Crippen LogP contribution in [0.5, 0.6) is 23.0 Å². The number of allylic oxidation sites excluding steroid dienone is 1. The number of para-hydroxylation sites is 2. The van der Waals surface area contributed by atoms with E-state index < -0.39 is 0 Å².